The average Bonchev–Trinajstić information content (AvgIpc) is 2.76. The molecule has 0 bridgehead atoms. The van der Waals surface area contributed by atoms with Gasteiger partial charge in [0.15, 0.2) is 11.5 Å². The minimum absolute atomic E-state index is 0.338. The Hall–Kier alpha value is -1.38. The van der Waals surface area contributed by atoms with E-state index < -0.39 is 0 Å². The van der Waals surface area contributed by atoms with E-state index in [-0.39, 0.29) is 0 Å². The van der Waals surface area contributed by atoms with Crippen molar-refractivity contribution < 1.29 is 9.47 Å². The maximum Gasteiger partial charge on any atom is 0.231 e. The van der Waals surface area contributed by atoms with Gasteiger partial charge in [0.05, 0.1) is 0 Å². The van der Waals surface area contributed by atoms with Crippen LogP contribution in [0.1, 0.15) is 39.5 Å². The first-order valence-corrected chi connectivity index (χ1v) is 6.46. The van der Waals surface area contributed by atoms with Crippen LogP contribution in [-0.2, 0) is 0 Å². The summed E-state index contributed by atoms with van der Waals surface area (Å²) in [6.45, 7) is 4.79. The first-order chi connectivity index (χ1) is 8.29. The van der Waals surface area contributed by atoms with Crippen LogP contribution >= 0.6 is 0 Å². The molecule has 0 aromatic heterocycles. The molecule has 1 aliphatic rings. The number of rotatable bonds is 6. The van der Waals surface area contributed by atoms with Crippen molar-refractivity contribution >= 4 is 5.69 Å². The first kappa shape index (κ1) is 12.1. The van der Waals surface area contributed by atoms with E-state index in [9.17, 15) is 0 Å². The van der Waals surface area contributed by atoms with Gasteiger partial charge in [0.25, 0.3) is 0 Å². The molecule has 0 saturated carbocycles. The Labute approximate surface area is 103 Å². The highest BCUT2D eigenvalue weighted by molar-refractivity contribution is 5.55. The van der Waals surface area contributed by atoms with Crippen molar-refractivity contribution in [3.63, 3.8) is 0 Å². The van der Waals surface area contributed by atoms with Crippen molar-refractivity contribution in [3.05, 3.63) is 18.2 Å². The molecule has 1 aliphatic heterocycles. The zero-order chi connectivity index (χ0) is 12.1. The molecule has 0 aliphatic carbocycles. The van der Waals surface area contributed by atoms with Crippen molar-refractivity contribution in [1.29, 1.82) is 0 Å². The number of anilines is 1. The smallest absolute Gasteiger partial charge is 0.231 e. The van der Waals surface area contributed by atoms with Crippen LogP contribution in [0.5, 0.6) is 11.5 Å². The summed E-state index contributed by atoms with van der Waals surface area (Å²) in [7, 11) is 0. The van der Waals surface area contributed by atoms with E-state index in [1.54, 1.807) is 0 Å². The van der Waals surface area contributed by atoms with Gasteiger partial charge in [-0.25, -0.2) is 0 Å². The lowest BCUT2D eigenvalue weighted by Gasteiger charge is -2.15. The fourth-order valence-electron chi connectivity index (χ4n) is 2.04. The third kappa shape index (κ3) is 3.29. The van der Waals surface area contributed by atoms with Crippen LogP contribution in [0.15, 0.2) is 18.2 Å². The lowest BCUT2D eigenvalue weighted by molar-refractivity contribution is 0.174. The second-order valence-corrected chi connectivity index (χ2v) is 4.61. The Bertz CT molecular complexity index is 365. The van der Waals surface area contributed by atoms with Gasteiger partial charge in [-0.3, -0.25) is 0 Å². The third-order valence-electron chi connectivity index (χ3n) is 3.03. The van der Waals surface area contributed by atoms with Crippen LogP contribution in [0.4, 0.5) is 5.69 Å². The van der Waals surface area contributed by atoms with Crippen LogP contribution < -0.4 is 14.8 Å². The largest absolute Gasteiger partial charge is 0.454 e. The van der Waals surface area contributed by atoms with Crippen molar-refractivity contribution in [2.45, 2.75) is 45.6 Å². The van der Waals surface area contributed by atoms with Gasteiger partial charge in [0.2, 0.25) is 6.79 Å². The fraction of sp³-hybridized carbons (Fsp3) is 0.571. The van der Waals surface area contributed by atoms with E-state index in [0.29, 0.717) is 12.8 Å². The van der Waals surface area contributed by atoms with Gasteiger partial charge in [-0.15, -0.1) is 0 Å². The Morgan fingerprint density at radius 3 is 2.88 bits per heavy atom. The predicted octanol–water partition coefficient (Wildman–Crippen LogP) is 3.80. The van der Waals surface area contributed by atoms with Crippen molar-refractivity contribution in [2.75, 3.05) is 12.1 Å². The van der Waals surface area contributed by atoms with Crippen molar-refractivity contribution in [1.82, 2.24) is 0 Å². The summed E-state index contributed by atoms with van der Waals surface area (Å²) in [5.74, 6) is 1.69. The van der Waals surface area contributed by atoms with Gasteiger partial charge in [-0.1, -0.05) is 26.2 Å². The normalized spacial score (nSPS) is 14.7. The van der Waals surface area contributed by atoms with E-state index in [0.717, 1.165) is 17.2 Å². The van der Waals surface area contributed by atoms with E-state index in [2.05, 4.69) is 19.2 Å². The molecule has 1 N–H and O–H groups in total. The molecule has 2 rings (SSSR count). The summed E-state index contributed by atoms with van der Waals surface area (Å²) >= 11 is 0. The highest BCUT2D eigenvalue weighted by Crippen LogP contribution is 2.34. The molecule has 1 unspecified atom stereocenters. The summed E-state index contributed by atoms with van der Waals surface area (Å²) in [4.78, 5) is 0. The van der Waals surface area contributed by atoms with Gasteiger partial charge in [0.1, 0.15) is 0 Å². The predicted molar refractivity (Wildman–Crippen MR) is 69.8 cm³/mol. The molecule has 1 atom stereocenters. The zero-order valence-electron chi connectivity index (χ0n) is 10.7. The highest BCUT2D eigenvalue weighted by Gasteiger charge is 2.13. The Morgan fingerprint density at radius 2 is 2.06 bits per heavy atom. The molecule has 1 heterocycles. The number of hydrogen-bond donors (Lipinski definition) is 1. The number of ether oxygens (including phenoxy) is 2. The van der Waals surface area contributed by atoms with E-state index in [4.69, 9.17) is 9.47 Å². The van der Waals surface area contributed by atoms with Crippen LogP contribution in [0.25, 0.3) is 0 Å². The molecule has 0 saturated heterocycles. The Balaban J connectivity index is 1.86. The van der Waals surface area contributed by atoms with E-state index in [1.807, 2.05) is 18.2 Å². The second-order valence-electron chi connectivity index (χ2n) is 4.61. The molecule has 0 radical (unpaired) electrons. The highest BCUT2D eigenvalue weighted by atomic mass is 16.7. The minimum atomic E-state index is 0.338. The van der Waals surface area contributed by atoms with Gasteiger partial charge < -0.3 is 14.8 Å². The minimum Gasteiger partial charge on any atom is -0.454 e. The molecule has 3 nitrogen and oxygen atoms in total. The van der Waals surface area contributed by atoms with Crippen LogP contribution in [0.3, 0.4) is 0 Å². The van der Waals surface area contributed by atoms with E-state index in [1.165, 1.54) is 25.7 Å². The first-order valence-electron chi connectivity index (χ1n) is 6.46. The third-order valence-corrected chi connectivity index (χ3v) is 3.03. The molecule has 1 aromatic carbocycles. The van der Waals surface area contributed by atoms with Gasteiger partial charge >= 0.3 is 0 Å². The summed E-state index contributed by atoms with van der Waals surface area (Å²) in [5, 5.41) is 3.49. The molecule has 94 valence electrons. The zero-order valence-corrected chi connectivity index (χ0v) is 10.7. The quantitative estimate of drug-likeness (QED) is 0.761. The SMILES string of the molecule is CCCCCC(C)Nc1ccc2c(c1)OCO2. The molecular weight excluding hydrogens is 214 g/mol. The monoisotopic (exact) mass is 235 g/mol. The summed E-state index contributed by atoms with van der Waals surface area (Å²) in [6.07, 6.45) is 5.08. The molecule has 0 spiro atoms. The van der Waals surface area contributed by atoms with Crippen LogP contribution in [0, 0.1) is 0 Å². The molecular formula is C14H21NO2. The topological polar surface area (TPSA) is 30.5 Å². The molecule has 1 aromatic rings. The summed E-state index contributed by atoms with van der Waals surface area (Å²) in [5.41, 5.74) is 1.11. The fourth-order valence-corrected chi connectivity index (χ4v) is 2.04. The molecule has 0 fully saturated rings. The van der Waals surface area contributed by atoms with Gasteiger partial charge in [-0.2, -0.15) is 0 Å². The van der Waals surface area contributed by atoms with Crippen LogP contribution in [0.2, 0.25) is 0 Å². The maximum atomic E-state index is 5.36. The molecule has 17 heavy (non-hydrogen) atoms. The average molecular weight is 235 g/mol. The summed E-state index contributed by atoms with van der Waals surface area (Å²) < 4.78 is 10.6. The second kappa shape index (κ2) is 5.80. The number of benzene rings is 1. The number of fused-ring (bicyclic) bond motifs is 1. The standard InChI is InChI=1S/C14H21NO2/c1-3-4-5-6-11(2)15-12-7-8-13-14(9-12)17-10-16-13/h7-9,11,15H,3-6,10H2,1-2H3. The van der Waals surface area contributed by atoms with Crippen molar-refractivity contribution in [2.24, 2.45) is 0 Å². The van der Waals surface area contributed by atoms with Crippen molar-refractivity contribution in [3.8, 4) is 11.5 Å². The lowest BCUT2D eigenvalue weighted by Crippen LogP contribution is -2.14. The number of unbranched alkanes of at least 4 members (excludes halogenated alkanes) is 2. The van der Waals surface area contributed by atoms with Crippen LogP contribution in [-0.4, -0.2) is 12.8 Å². The maximum absolute atomic E-state index is 5.36. The Morgan fingerprint density at radius 1 is 1.24 bits per heavy atom. The number of nitrogens with one attached hydrogen (secondary N) is 1. The molecule has 0 amide bonds. The number of hydrogen-bond acceptors (Lipinski definition) is 3. The molecule has 3 heteroatoms. The van der Waals surface area contributed by atoms with E-state index >= 15 is 0 Å². The van der Waals surface area contributed by atoms with Gasteiger partial charge in [-0.05, 0) is 25.5 Å². The van der Waals surface area contributed by atoms with Gasteiger partial charge in [0, 0.05) is 17.8 Å². The summed E-state index contributed by atoms with van der Waals surface area (Å²) in [6, 6.07) is 6.52. The lowest BCUT2D eigenvalue weighted by atomic mass is 10.1. The Kier molecular flexibility index (Phi) is 4.13.